The van der Waals surface area contributed by atoms with Gasteiger partial charge in [0.05, 0.1) is 19.1 Å². The van der Waals surface area contributed by atoms with Crippen LogP contribution in [0.4, 0.5) is 0 Å². The molecule has 1 aliphatic rings. The molecule has 6 nitrogen and oxygen atoms in total. The van der Waals surface area contributed by atoms with Crippen molar-refractivity contribution in [3.63, 3.8) is 0 Å². The Morgan fingerprint density at radius 3 is 2.25 bits per heavy atom. The Balaban J connectivity index is 1.64. The lowest BCUT2D eigenvalue weighted by Crippen LogP contribution is -2.44. The van der Waals surface area contributed by atoms with E-state index < -0.39 is 10.0 Å². The van der Waals surface area contributed by atoms with Gasteiger partial charge in [0.15, 0.2) is 11.5 Å². The fraction of sp³-hybridized carbons (Fsp3) is 0.429. The summed E-state index contributed by atoms with van der Waals surface area (Å²) in [6.07, 6.45) is 1.58. The maximum absolute atomic E-state index is 12.9. The molecule has 0 radical (unpaired) electrons. The van der Waals surface area contributed by atoms with Gasteiger partial charge in [0.1, 0.15) is 0 Å². The zero-order valence-electron chi connectivity index (χ0n) is 16.6. The van der Waals surface area contributed by atoms with Gasteiger partial charge in [-0.15, -0.1) is 0 Å². The molecular weight excluding hydrogens is 376 g/mol. The molecule has 2 aromatic rings. The number of rotatable bonds is 7. The van der Waals surface area contributed by atoms with Crippen LogP contribution in [0.1, 0.15) is 24.0 Å². The summed E-state index contributed by atoms with van der Waals surface area (Å²) in [5.74, 6) is 0.930. The third-order valence-electron chi connectivity index (χ3n) is 5.13. The van der Waals surface area contributed by atoms with Crippen molar-refractivity contribution in [2.24, 2.45) is 0 Å². The lowest BCUT2D eigenvalue weighted by Gasteiger charge is -2.32. The fourth-order valence-electron chi connectivity index (χ4n) is 3.58. The Labute approximate surface area is 167 Å². The van der Waals surface area contributed by atoms with E-state index in [9.17, 15) is 8.42 Å². The minimum Gasteiger partial charge on any atom is -0.493 e. The molecule has 0 atom stereocenters. The summed E-state index contributed by atoms with van der Waals surface area (Å²) >= 11 is 0. The van der Waals surface area contributed by atoms with Crippen LogP contribution in [0.25, 0.3) is 0 Å². The molecule has 1 aliphatic heterocycles. The third kappa shape index (κ3) is 4.84. The van der Waals surface area contributed by atoms with Crippen LogP contribution >= 0.6 is 0 Å². The molecule has 1 N–H and O–H groups in total. The summed E-state index contributed by atoms with van der Waals surface area (Å²) in [7, 11) is -0.594. The largest absolute Gasteiger partial charge is 0.493 e. The summed E-state index contributed by atoms with van der Waals surface area (Å²) in [6.45, 7) is 4.40. The number of nitrogens with one attached hydrogen (secondary N) is 1. The van der Waals surface area contributed by atoms with Gasteiger partial charge in [-0.25, -0.2) is 13.1 Å². The number of ether oxygens (including phenoxy) is 2. The molecule has 1 heterocycles. The van der Waals surface area contributed by atoms with Gasteiger partial charge in [-0.2, -0.15) is 0 Å². The molecule has 0 bridgehead atoms. The Morgan fingerprint density at radius 1 is 1.04 bits per heavy atom. The van der Waals surface area contributed by atoms with Crippen molar-refractivity contribution in [2.75, 3.05) is 27.3 Å². The molecule has 0 amide bonds. The van der Waals surface area contributed by atoms with Gasteiger partial charge in [-0.05, 0) is 37.0 Å². The molecule has 3 rings (SSSR count). The van der Waals surface area contributed by atoms with Gasteiger partial charge < -0.3 is 9.47 Å². The van der Waals surface area contributed by atoms with Gasteiger partial charge in [-0.1, -0.05) is 30.3 Å². The topological polar surface area (TPSA) is 67.9 Å². The maximum atomic E-state index is 12.9. The number of hydrogen-bond acceptors (Lipinski definition) is 5. The number of nitrogens with zero attached hydrogens (tertiary/aromatic N) is 1. The smallest absolute Gasteiger partial charge is 0.241 e. The fourth-order valence-corrected chi connectivity index (χ4v) is 5.13. The van der Waals surface area contributed by atoms with Crippen LogP contribution in [0.15, 0.2) is 47.4 Å². The highest BCUT2D eigenvalue weighted by Crippen LogP contribution is 2.32. The normalized spacial score (nSPS) is 16.1. The minimum absolute atomic E-state index is 0.0653. The Hall–Kier alpha value is -2.09. The molecule has 0 aromatic heterocycles. The molecule has 0 aliphatic carbocycles. The van der Waals surface area contributed by atoms with Crippen molar-refractivity contribution < 1.29 is 17.9 Å². The molecule has 1 fully saturated rings. The van der Waals surface area contributed by atoms with E-state index in [1.165, 1.54) is 25.8 Å². The maximum Gasteiger partial charge on any atom is 0.241 e. The van der Waals surface area contributed by atoms with Gasteiger partial charge in [0.2, 0.25) is 10.0 Å². The molecule has 7 heteroatoms. The molecule has 0 spiro atoms. The van der Waals surface area contributed by atoms with Crippen LogP contribution in [0, 0.1) is 6.92 Å². The number of piperidine rings is 1. The highest BCUT2D eigenvalue weighted by Gasteiger charge is 2.26. The quantitative estimate of drug-likeness (QED) is 0.768. The highest BCUT2D eigenvalue weighted by atomic mass is 32.2. The number of hydrogen-bond donors (Lipinski definition) is 1. The molecule has 2 aromatic carbocycles. The van der Waals surface area contributed by atoms with Crippen LogP contribution in [-0.2, 0) is 16.6 Å². The van der Waals surface area contributed by atoms with Crippen molar-refractivity contribution in [3.05, 3.63) is 53.6 Å². The second-order valence-electron chi connectivity index (χ2n) is 7.13. The first kappa shape index (κ1) is 20.6. The molecular formula is C21H28N2O4S. The summed E-state index contributed by atoms with van der Waals surface area (Å²) in [4.78, 5) is 2.60. The summed E-state index contributed by atoms with van der Waals surface area (Å²) in [5, 5.41) is 0. The molecule has 0 unspecified atom stereocenters. The van der Waals surface area contributed by atoms with Crippen molar-refractivity contribution in [3.8, 4) is 11.5 Å². The van der Waals surface area contributed by atoms with Crippen LogP contribution in [0.5, 0.6) is 11.5 Å². The second-order valence-corrected chi connectivity index (χ2v) is 8.81. The van der Waals surface area contributed by atoms with E-state index in [1.54, 1.807) is 13.0 Å². The number of methoxy groups -OCH3 is 2. The Morgan fingerprint density at radius 2 is 1.64 bits per heavy atom. The van der Waals surface area contributed by atoms with Crippen molar-refractivity contribution >= 4 is 10.0 Å². The predicted octanol–water partition coefficient (Wildman–Crippen LogP) is 2.96. The lowest BCUT2D eigenvalue weighted by atomic mass is 10.1. The van der Waals surface area contributed by atoms with Crippen LogP contribution < -0.4 is 14.2 Å². The van der Waals surface area contributed by atoms with Gasteiger partial charge >= 0.3 is 0 Å². The lowest BCUT2D eigenvalue weighted by molar-refractivity contribution is 0.200. The average molecular weight is 405 g/mol. The molecule has 28 heavy (non-hydrogen) atoms. The second kappa shape index (κ2) is 8.94. The number of sulfonamides is 1. The first-order valence-corrected chi connectivity index (χ1v) is 10.9. The monoisotopic (exact) mass is 404 g/mol. The zero-order valence-corrected chi connectivity index (χ0v) is 17.5. The molecule has 1 saturated heterocycles. The van der Waals surface area contributed by atoms with Crippen molar-refractivity contribution in [1.29, 1.82) is 0 Å². The van der Waals surface area contributed by atoms with Gasteiger partial charge in [0.25, 0.3) is 0 Å². The highest BCUT2D eigenvalue weighted by molar-refractivity contribution is 7.89. The van der Waals surface area contributed by atoms with E-state index in [4.69, 9.17) is 9.47 Å². The summed E-state index contributed by atoms with van der Waals surface area (Å²) in [5.41, 5.74) is 1.91. The summed E-state index contributed by atoms with van der Waals surface area (Å²) in [6, 6.07) is 13.5. The van der Waals surface area contributed by atoms with Gasteiger partial charge in [0, 0.05) is 31.7 Å². The third-order valence-corrected chi connectivity index (χ3v) is 6.79. The predicted molar refractivity (Wildman–Crippen MR) is 109 cm³/mol. The van der Waals surface area contributed by atoms with Crippen LogP contribution in [0.3, 0.4) is 0 Å². The van der Waals surface area contributed by atoms with E-state index in [1.807, 2.05) is 18.2 Å². The average Bonchev–Trinajstić information content (AvgIpc) is 2.69. The number of benzene rings is 2. The summed E-state index contributed by atoms with van der Waals surface area (Å²) < 4.78 is 39.3. The van der Waals surface area contributed by atoms with Gasteiger partial charge in [-0.3, -0.25) is 4.90 Å². The standard InChI is InChI=1S/C21H28N2O4S/c1-16-13-19(26-2)20(27-3)14-21(16)28(24,25)22-18-9-11-23(12-10-18)15-17-7-5-4-6-8-17/h4-8,13-14,18,22H,9-12,15H2,1-3H3. The zero-order chi connectivity index (χ0) is 20.1. The van der Waals surface area contributed by atoms with E-state index in [0.717, 1.165) is 32.5 Å². The number of likely N-dealkylation sites (tertiary alicyclic amines) is 1. The van der Waals surface area contributed by atoms with Crippen LogP contribution in [-0.4, -0.2) is 46.7 Å². The van der Waals surface area contributed by atoms with Crippen molar-refractivity contribution in [1.82, 2.24) is 9.62 Å². The van der Waals surface area contributed by atoms with E-state index >= 15 is 0 Å². The van der Waals surface area contributed by atoms with Crippen LogP contribution in [0.2, 0.25) is 0 Å². The molecule has 0 saturated carbocycles. The minimum atomic E-state index is -3.63. The molecule has 152 valence electrons. The van der Waals surface area contributed by atoms with Crippen molar-refractivity contribution in [2.45, 2.75) is 37.2 Å². The SMILES string of the molecule is COc1cc(C)c(S(=O)(=O)NC2CCN(Cc3ccccc3)CC2)cc1OC. The Bertz CT molecular complexity index is 892. The van der Waals surface area contributed by atoms with E-state index in [-0.39, 0.29) is 10.9 Å². The first-order valence-electron chi connectivity index (χ1n) is 9.44. The first-order chi connectivity index (χ1) is 13.4. The van der Waals surface area contributed by atoms with E-state index in [0.29, 0.717) is 17.1 Å². The van der Waals surface area contributed by atoms with E-state index in [2.05, 4.69) is 21.8 Å². The number of aryl methyl sites for hydroxylation is 1. The Kier molecular flexibility index (Phi) is 6.59.